The third kappa shape index (κ3) is 2.86. The maximum atomic E-state index is 6.16. The molecule has 0 unspecified atom stereocenters. The van der Waals surface area contributed by atoms with E-state index < -0.39 is 0 Å². The summed E-state index contributed by atoms with van der Waals surface area (Å²) in [5.74, 6) is 2.01. The predicted octanol–water partition coefficient (Wildman–Crippen LogP) is 1.67. The van der Waals surface area contributed by atoms with Crippen LogP contribution in [-0.4, -0.2) is 45.3 Å². The molecule has 7 heteroatoms. The summed E-state index contributed by atoms with van der Waals surface area (Å²) in [4.78, 5) is 11.1. The molecule has 0 spiro atoms. The molecule has 2 aliphatic heterocycles. The van der Waals surface area contributed by atoms with Gasteiger partial charge in [-0.15, -0.1) is 11.3 Å². The molecule has 0 saturated carbocycles. The number of likely N-dealkylation sites (tertiary alicyclic amines) is 1. The van der Waals surface area contributed by atoms with Crippen LogP contribution in [0.25, 0.3) is 0 Å². The van der Waals surface area contributed by atoms with Gasteiger partial charge in [-0.2, -0.15) is 4.98 Å². The molecule has 0 N–H and O–H groups in total. The van der Waals surface area contributed by atoms with Crippen LogP contribution in [-0.2, 0) is 17.7 Å². The molecule has 0 aromatic carbocycles. The van der Waals surface area contributed by atoms with Gasteiger partial charge in [0.05, 0.1) is 25.2 Å². The highest BCUT2D eigenvalue weighted by atomic mass is 32.1. The van der Waals surface area contributed by atoms with Gasteiger partial charge < -0.3 is 9.26 Å². The number of nitrogens with zero attached hydrogens (tertiary/aromatic N) is 4. The summed E-state index contributed by atoms with van der Waals surface area (Å²) in [5.41, 5.74) is 0. The highest BCUT2D eigenvalue weighted by Gasteiger charge is 2.42. The van der Waals surface area contributed by atoms with Crippen LogP contribution in [0.4, 0.5) is 0 Å². The second kappa shape index (κ2) is 5.47. The Labute approximate surface area is 127 Å². The Morgan fingerprint density at radius 3 is 3.10 bits per heavy atom. The Balaban J connectivity index is 1.31. The van der Waals surface area contributed by atoms with Crippen molar-refractivity contribution < 1.29 is 9.26 Å². The summed E-state index contributed by atoms with van der Waals surface area (Å²) in [7, 11) is 0. The zero-order chi connectivity index (χ0) is 14.2. The molecule has 0 amide bonds. The van der Waals surface area contributed by atoms with Gasteiger partial charge in [0, 0.05) is 30.6 Å². The van der Waals surface area contributed by atoms with Crippen molar-refractivity contribution in [3.8, 4) is 0 Å². The molecule has 2 aromatic rings. The molecule has 4 rings (SSSR count). The lowest BCUT2D eigenvalue weighted by molar-refractivity contribution is 0.0343. The first-order valence-electron chi connectivity index (χ1n) is 7.31. The zero-order valence-electron chi connectivity index (χ0n) is 11.9. The fraction of sp³-hybridized carbons (Fsp3) is 0.643. The Bertz CT molecular complexity index is 586. The minimum atomic E-state index is 0.224. The van der Waals surface area contributed by atoms with Crippen LogP contribution < -0.4 is 0 Å². The molecule has 2 aromatic heterocycles. The maximum absolute atomic E-state index is 6.16. The quantitative estimate of drug-likeness (QED) is 0.856. The molecular formula is C14H18N4O2S. The van der Waals surface area contributed by atoms with Crippen molar-refractivity contribution in [2.24, 2.45) is 5.92 Å². The van der Waals surface area contributed by atoms with Gasteiger partial charge in [-0.05, 0) is 13.3 Å². The third-order valence-electron chi connectivity index (χ3n) is 4.20. The van der Waals surface area contributed by atoms with E-state index >= 15 is 0 Å². The van der Waals surface area contributed by atoms with Crippen LogP contribution in [0.1, 0.15) is 23.1 Å². The fourth-order valence-corrected chi connectivity index (χ4v) is 4.01. The standard InChI is InChI=1S/C14H18N4O2S/c1-9-16-13(20-17-9)5-11-4-10-6-18(7-12(10)19-11)8-14-15-2-3-21-14/h2-3,10-12H,4-8H2,1H3/t10-,11+,12+/m1/s1. The van der Waals surface area contributed by atoms with E-state index in [4.69, 9.17) is 9.26 Å². The first-order chi connectivity index (χ1) is 10.3. The van der Waals surface area contributed by atoms with Crippen molar-refractivity contribution in [2.75, 3.05) is 13.1 Å². The number of fused-ring (bicyclic) bond motifs is 1. The summed E-state index contributed by atoms with van der Waals surface area (Å²) in [6.45, 7) is 4.89. The van der Waals surface area contributed by atoms with E-state index in [9.17, 15) is 0 Å². The summed E-state index contributed by atoms with van der Waals surface area (Å²) in [6, 6.07) is 0. The molecule has 2 saturated heterocycles. The van der Waals surface area contributed by atoms with Gasteiger partial charge in [0.15, 0.2) is 5.82 Å². The largest absolute Gasteiger partial charge is 0.373 e. The lowest BCUT2D eigenvalue weighted by Gasteiger charge is -2.17. The second-order valence-electron chi connectivity index (χ2n) is 5.85. The Kier molecular flexibility index (Phi) is 3.48. The van der Waals surface area contributed by atoms with Crippen LogP contribution in [0, 0.1) is 12.8 Å². The van der Waals surface area contributed by atoms with Crippen LogP contribution in [0.5, 0.6) is 0 Å². The first-order valence-corrected chi connectivity index (χ1v) is 8.19. The summed E-state index contributed by atoms with van der Waals surface area (Å²) in [5, 5.41) is 7.05. The minimum absolute atomic E-state index is 0.224. The van der Waals surface area contributed by atoms with Crippen molar-refractivity contribution in [3.63, 3.8) is 0 Å². The molecule has 2 aliphatic rings. The first kappa shape index (κ1) is 13.4. The van der Waals surface area contributed by atoms with Crippen molar-refractivity contribution in [3.05, 3.63) is 28.3 Å². The topological polar surface area (TPSA) is 64.3 Å². The lowest BCUT2D eigenvalue weighted by Crippen LogP contribution is -2.25. The number of hydrogen-bond acceptors (Lipinski definition) is 7. The Morgan fingerprint density at radius 1 is 1.43 bits per heavy atom. The van der Waals surface area contributed by atoms with Crippen LogP contribution >= 0.6 is 11.3 Å². The number of rotatable bonds is 4. The smallest absolute Gasteiger partial charge is 0.229 e. The van der Waals surface area contributed by atoms with Gasteiger partial charge in [0.25, 0.3) is 0 Å². The van der Waals surface area contributed by atoms with Gasteiger partial charge in [-0.1, -0.05) is 5.16 Å². The van der Waals surface area contributed by atoms with Crippen molar-refractivity contribution in [2.45, 2.75) is 38.5 Å². The predicted molar refractivity (Wildman–Crippen MR) is 76.9 cm³/mol. The van der Waals surface area contributed by atoms with E-state index in [-0.39, 0.29) is 6.10 Å². The van der Waals surface area contributed by atoms with E-state index in [1.54, 1.807) is 11.3 Å². The van der Waals surface area contributed by atoms with E-state index in [0.717, 1.165) is 32.5 Å². The number of thiazole rings is 1. The normalized spacial score (nSPS) is 29.1. The molecule has 112 valence electrons. The van der Waals surface area contributed by atoms with Crippen molar-refractivity contribution in [1.82, 2.24) is 20.0 Å². The molecule has 6 nitrogen and oxygen atoms in total. The summed E-state index contributed by atoms with van der Waals surface area (Å²) < 4.78 is 11.3. The van der Waals surface area contributed by atoms with E-state index in [1.807, 2.05) is 18.5 Å². The van der Waals surface area contributed by atoms with E-state index in [1.165, 1.54) is 5.01 Å². The van der Waals surface area contributed by atoms with E-state index in [2.05, 4.69) is 20.0 Å². The average molecular weight is 306 g/mol. The highest BCUT2D eigenvalue weighted by Crippen LogP contribution is 2.34. The average Bonchev–Trinajstić information content (AvgIpc) is 3.16. The van der Waals surface area contributed by atoms with Gasteiger partial charge >= 0.3 is 0 Å². The fourth-order valence-electron chi connectivity index (χ4n) is 3.35. The van der Waals surface area contributed by atoms with Gasteiger partial charge in [-0.3, -0.25) is 4.90 Å². The minimum Gasteiger partial charge on any atom is -0.373 e. The molecule has 0 bridgehead atoms. The second-order valence-corrected chi connectivity index (χ2v) is 6.83. The van der Waals surface area contributed by atoms with Crippen LogP contribution in [0.15, 0.2) is 16.1 Å². The highest BCUT2D eigenvalue weighted by molar-refractivity contribution is 7.09. The third-order valence-corrected chi connectivity index (χ3v) is 4.97. The van der Waals surface area contributed by atoms with Gasteiger partial charge in [0.2, 0.25) is 5.89 Å². The van der Waals surface area contributed by atoms with Crippen LogP contribution in [0.2, 0.25) is 0 Å². The molecular weight excluding hydrogens is 288 g/mol. The maximum Gasteiger partial charge on any atom is 0.229 e. The molecule has 0 aliphatic carbocycles. The van der Waals surface area contributed by atoms with Gasteiger partial charge in [-0.25, -0.2) is 4.98 Å². The van der Waals surface area contributed by atoms with Crippen LogP contribution in [0.3, 0.4) is 0 Å². The Hall–Kier alpha value is -1.31. The lowest BCUT2D eigenvalue weighted by atomic mass is 10.0. The molecule has 3 atom stereocenters. The summed E-state index contributed by atoms with van der Waals surface area (Å²) in [6.07, 6.45) is 4.26. The SMILES string of the molecule is Cc1noc(C[C@@H]2C[C@@H]3CN(Cc4nccs4)C[C@@H]3O2)n1. The molecule has 2 fully saturated rings. The molecule has 21 heavy (non-hydrogen) atoms. The molecule has 0 radical (unpaired) electrons. The number of hydrogen-bond donors (Lipinski definition) is 0. The number of ether oxygens (including phenoxy) is 1. The van der Waals surface area contributed by atoms with Crippen molar-refractivity contribution in [1.29, 1.82) is 0 Å². The molecule has 4 heterocycles. The van der Waals surface area contributed by atoms with Gasteiger partial charge in [0.1, 0.15) is 5.01 Å². The Morgan fingerprint density at radius 2 is 2.38 bits per heavy atom. The number of aryl methyl sites for hydroxylation is 1. The monoisotopic (exact) mass is 306 g/mol. The van der Waals surface area contributed by atoms with E-state index in [0.29, 0.717) is 23.7 Å². The summed E-state index contributed by atoms with van der Waals surface area (Å²) >= 11 is 1.72. The van der Waals surface area contributed by atoms with Crippen molar-refractivity contribution >= 4 is 11.3 Å². The number of aromatic nitrogens is 3. The zero-order valence-corrected chi connectivity index (χ0v) is 12.8.